The molecule has 0 aliphatic carbocycles. The fourth-order valence-corrected chi connectivity index (χ4v) is 0.989. The van der Waals surface area contributed by atoms with E-state index in [1.54, 1.807) is 0 Å². The Morgan fingerprint density at radius 1 is 1.78 bits per heavy atom. The van der Waals surface area contributed by atoms with Gasteiger partial charge in [0.1, 0.15) is 6.04 Å². The third-order valence-electron chi connectivity index (χ3n) is 1.27. The highest BCUT2D eigenvalue weighted by atomic mass is 32.1. The Balaban J connectivity index is 2.58. The maximum atomic E-state index is 10.8. The summed E-state index contributed by atoms with van der Waals surface area (Å²) < 4.78 is 0. The number of rotatable bonds is 1. The van der Waals surface area contributed by atoms with E-state index in [2.05, 4.69) is 10.6 Å². The number of hydrogen-bond donors (Lipinski definition) is 2. The molecule has 1 rings (SSSR count). The summed E-state index contributed by atoms with van der Waals surface area (Å²) in [5.41, 5.74) is 0. The second-order valence-electron chi connectivity index (χ2n) is 1.92. The first kappa shape index (κ1) is 6.48. The lowest BCUT2D eigenvalue weighted by Crippen LogP contribution is -2.27. The van der Waals surface area contributed by atoms with E-state index in [0.29, 0.717) is 5.11 Å². The third-order valence-corrected chi connectivity index (χ3v) is 1.49. The van der Waals surface area contributed by atoms with E-state index < -0.39 is 0 Å². The highest BCUT2D eigenvalue weighted by molar-refractivity contribution is 7.80. The van der Waals surface area contributed by atoms with Crippen LogP contribution in [0.1, 0.15) is 13.3 Å². The summed E-state index contributed by atoms with van der Waals surface area (Å²) in [4.78, 5) is 10.8. The van der Waals surface area contributed by atoms with Crippen molar-refractivity contribution < 1.29 is 4.79 Å². The molecule has 1 heterocycles. The molecule has 9 heavy (non-hydrogen) atoms. The van der Waals surface area contributed by atoms with Crippen LogP contribution in [0.2, 0.25) is 0 Å². The molecule has 1 aliphatic heterocycles. The normalized spacial score (nSPS) is 25.7. The molecule has 50 valence electrons. The fourth-order valence-electron chi connectivity index (χ4n) is 0.746. The number of thiocarbonyl (C=S) groups is 1. The minimum Gasteiger partial charge on any atom is -0.351 e. The first-order valence-electron chi connectivity index (χ1n) is 2.85. The summed E-state index contributed by atoms with van der Waals surface area (Å²) in [6.07, 6.45) is 0.784. The van der Waals surface area contributed by atoms with Crippen molar-refractivity contribution in [3.63, 3.8) is 0 Å². The predicted octanol–water partition coefficient (Wildman–Crippen LogP) is -0.231. The molecule has 0 saturated carbocycles. The Hall–Kier alpha value is -0.640. The largest absolute Gasteiger partial charge is 0.351 e. The topological polar surface area (TPSA) is 41.1 Å². The zero-order chi connectivity index (χ0) is 6.85. The molecule has 0 bridgehead atoms. The molecule has 1 fully saturated rings. The van der Waals surface area contributed by atoms with Crippen molar-refractivity contribution in [2.45, 2.75) is 19.4 Å². The molecule has 1 aliphatic rings. The van der Waals surface area contributed by atoms with Crippen molar-refractivity contribution in [1.29, 1.82) is 0 Å². The summed E-state index contributed by atoms with van der Waals surface area (Å²) in [5, 5.41) is 5.77. The molecule has 1 amide bonds. The molecule has 2 N–H and O–H groups in total. The lowest BCUT2D eigenvalue weighted by molar-refractivity contribution is -0.120. The minimum atomic E-state index is -0.0995. The predicted molar refractivity (Wildman–Crippen MR) is 38.0 cm³/mol. The van der Waals surface area contributed by atoms with Crippen LogP contribution in [0.5, 0.6) is 0 Å². The minimum absolute atomic E-state index is 0.0116. The van der Waals surface area contributed by atoms with E-state index in [0.717, 1.165) is 6.42 Å². The highest BCUT2D eigenvalue weighted by Gasteiger charge is 2.24. The standard InChI is InChI=1S/C5H8N2OS/c1-2-3-4(8)7-5(9)6-3/h3H,2H2,1H3,(H2,6,7,8,9). The summed E-state index contributed by atoms with van der Waals surface area (Å²) in [6, 6.07) is -0.0995. The van der Waals surface area contributed by atoms with Crippen molar-refractivity contribution >= 4 is 23.2 Å². The van der Waals surface area contributed by atoms with Gasteiger partial charge < -0.3 is 10.6 Å². The molecule has 3 nitrogen and oxygen atoms in total. The van der Waals surface area contributed by atoms with Crippen molar-refractivity contribution in [2.75, 3.05) is 0 Å². The fraction of sp³-hybridized carbons (Fsp3) is 0.600. The molecule has 0 radical (unpaired) electrons. The molecule has 0 spiro atoms. The van der Waals surface area contributed by atoms with Crippen LogP contribution in [-0.2, 0) is 4.79 Å². The first-order chi connectivity index (χ1) is 4.24. The summed E-state index contributed by atoms with van der Waals surface area (Å²) in [7, 11) is 0. The highest BCUT2D eigenvalue weighted by Crippen LogP contribution is 1.96. The van der Waals surface area contributed by atoms with Crippen LogP contribution in [0.4, 0.5) is 0 Å². The van der Waals surface area contributed by atoms with E-state index in [9.17, 15) is 4.79 Å². The lowest BCUT2D eigenvalue weighted by Gasteiger charge is -1.99. The molecule has 1 saturated heterocycles. The molecule has 1 unspecified atom stereocenters. The van der Waals surface area contributed by atoms with Gasteiger partial charge in [-0.2, -0.15) is 0 Å². The number of nitrogens with one attached hydrogen (secondary N) is 2. The van der Waals surface area contributed by atoms with Crippen molar-refractivity contribution in [2.24, 2.45) is 0 Å². The molecule has 0 aromatic heterocycles. The van der Waals surface area contributed by atoms with Crippen molar-refractivity contribution in [3.05, 3.63) is 0 Å². The van der Waals surface area contributed by atoms with E-state index in [1.807, 2.05) is 6.92 Å². The van der Waals surface area contributed by atoms with Gasteiger partial charge in [-0.25, -0.2) is 0 Å². The summed E-state index contributed by atoms with van der Waals surface area (Å²) >= 11 is 4.70. The van der Waals surface area contributed by atoms with Crippen LogP contribution < -0.4 is 10.6 Å². The Morgan fingerprint density at radius 2 is 2.44 bits per heavy atom. The maximum absolute atomic E-state index is 10.8. The van der Waals surface area contributed by atoms with Gasteiger partial charge in [0.05, 0.1) is 0 Å². The average molecular weight is 144 g/mol. The zero-order valence-electron chi connectivity index (χ0n) is 5.10. The Bertz CT molecular complexity index is 157. The second kappa shape index (κ2) is 2.31. The van der Waals surface area contributed by atoms with Crippen LogP contribution in [-0.4, -0.2) is 17.1 Å². The van der Waals surface area contributed by atoms with Crippen molar-refractivity contribution in [3.8, 4) is 0 Å². The number of carbonyl (C=O) groups excluding carboxylic acids is 1. The van der Waals surface area contributed by atoms with Crippen LogP contribution in [0, 0.1) is 0 Å². The van der Waals surface area contributed by atoms with Gasteiger partial charge in [0.25, 0.3) is 0 Å². The van der Waals surface area contributed by atoms with E-state index in [-0.39, 0.29) is 11.9 Å². The van der Waals surface area contributed by atoms with Crippen molar-refractivity contribution in [1.82, 2.24) is 10.6 Å². The van der Waals surface area contributed by atoms with Crippen LogP contribution >= 0.6 is 12.2 Å². The Kier molecular flexibility index (Phi) is 1.66. The number of carbonyl (C=O) groups is 1. The lowest BCUT2D eigenvalue weighted by atomic mass is 10.2. The molecule has 1 atom stereocenters. The van der Waals surface area contributed by atoms with Gasteiger partial charge >= 0.3 is 0 Å². The SMILES string of the molecule is CCC1NC(=S)NC1=O. The smallest absolute Gasteiger partial charge is 0.248 e. The number of hydrogen-bond acceptors (Lipinski definition) is 2. The third kappa shape index (κ3) is 1.18. The van der Waals surface area contributed by atoms with Crippen LogP contribution in [0.25, 0.3) is 0 Å². The van der Waals surface area contributed by atoms with E-state index in [4.69, 9.17) is 12.2 Å². The van der Waals surface area contributed by atoms with E-state index >= 15 is 0 Å². The molecule has 0 aromatic carbocycles. The Labute approximate surface area is 58.8 Å². The molecular weight excluding hydrogens is 136 g/mol. The molecule has 4 heteroatoms. The van der Waals surface area contributed by atoms with Gasteiger partial charge in [-0.15, -0.1) is 0 Å². The first-order valence-corrected chi connectivity index (χ1v) is 3.26. The quantitative estimate of drug-likeness (QED) is 0.499. The average Bonchev–Trinajstić information content (AvgIpc) is 2.10. The zero-order valence-corrected chi connectivity index (χ0v) is 5.92. The number of amides is 1. The maximum Gasteiger partial charge on any atom is 0.248 e. The Morgan fingerprint density at radius 3 is 2.67 bits per heavy atom. The van der Waals surface area contributed by atoms with Gasteiger partial charge in [0.2, 0.25) is 5.91 Å². The molecule has 0 aromatic rings. The van der Waals surface area contributed by atoms with Gasteiger partial charge in [-0.05, 0) is 18.6 Å². The van der Waals surface area contributed by atoms with Gasteiger partial charge in [-0.3, -0.25) is 4.79 Å². The van der Waals surface area contributed by atoms with Crippen LogP contribution in [0.3, 0.4) is 0 Å². The monoisotopic (exact) mass is 144 g/mol. The van der Waals surface area contributed by atoms with Gasteiger partial charge in [-0.1, -0.05) is 6.92 Å². The van der Waals surface area contributed by atoms with Gasteiger partial charge in [0, 0.05) is 0 Å². The van der Waals surface area contributed by atoms with Gasteiger partial charge in [0.15, 0.2) is 5.11 Å². The summed E-state index contributed by atoms with van der Waals surface area (Å²) in [6.45, 7) is 1.94. The molecular formula is C5H8N2OS. The van der Waals surface area contributed by atoms with Crippen LogP contribution in [0.15, 0.2) is 0 Å². The van der Waals surface area contributed by atoms with E-state index in [1.165, 1.54) is 0 Å². The second-order valence-corrected chi connectivity index (χ2v) is 2.33. The summed E-state index contributed by atoms with van der Waals surface area (Å²) in [5.74, 6) is -0.0116.